The summed E-state index contributed by atoms with van der Waals surface area (Å²) in [5, 5.41) is 3.99. The average Bonchev–Trinajstić information content (AvgIpc) is 3.40. The third-order valence-corrected chi connectivity index (χ3v) is 6.73. The molecule has 7 nitrogen and oxygen atoms in total. The summed E-state index contributed by atoms with van der Waals surface area (Å²) in [5.74, 6) is 0.0241. The monoisotopic (exact) mass is 436 g/mol. The molecule has 1 aromatic heterocycles. The van der Waals surface area contributed by atoms with Gasteiger partial charge in [0.15, 0.2) is 5.13 Å². The molecule has 3 heterocycles. The first-order valence-corrected chi connectivity index (χ1v) is 11.4. The summed E-state index contributed by atoms with van der Waals surface area (Å²) >= 11 is 1.63. The van der Waals surface area contributed by atoms with E-state index in [0.717, 1.165) is 65.9 Å². The van der Waals surface area contributed by atoms with Crippen LogP contribution in [0.25, 0.3) is 10.2 Å². The van der Waals surface area contributed by atoms with E-state index < -0.39 is 0 Å². The molecule has 31 heavy (non-hydrogen) atoms. The highest BCUT2D eigenvalue weighted by molar-refractivity contribution is 7.22. The molecular formula is C23H24N4O3S. The fourth-order valence-corrected chi connectivity index (χ4v) is 5.04. The number of fused-ring (bicyclic) bond motifs is 1. The molecular weight excluding hydrogens is 412 g/mol. The Morgan fingerprint density at radius 3 is 2.81 bits per heavy atom. The molecule has 5 rings (SSSR count). The number of ether oxygens (including phenoxy) is 1. The minimum atomic E-state index is -0.160. The largest absolute Gasteiger partial charge is 0.378 e. The summed E-state index contributed by atoms with van der Waals surface area (Å²) in [6.07, 6.45) is 1.53. The summed E-state index contributed by atoms with van der Waals surface area (Å²) in [6, 6.07) is 13.3. The predicted octanol–water partition coefficient (Wildman–Crippen LogP) is 3.51. The number of morpholine rings is 1. The van der Waals surface area contributed by atoms with Gasteiger partial charge in [-0.3, -0.25) is 9.59 Å². The second-order valence-electron chi connectivity index (χ2n) is 7.85. The van der Waals surface area contributed by atoms with Crippen molar-refractivity contribution in [1.82, 2.24) is 9.88 Å². The van der Waals surface area contributed by atoms with Gasteiger partial charge in [-0.15, -0.1) is 0 Å². The Balaban J connectivity index is 1.29. The van der Waals surface area contributed by atoms with E-state index in [1.807, 2.05) is 41.3 Å². The molecule has 0 bridgehead atoms. The second kappa shape index (κ2) is 8.64. The van der Waals surface area contributed by atoms with Crippen LogP contribution in [0.15, 0.2) is 42.5 Å². The second-order valence-corrected chi connectivity index (χ2v) is 8.86. The molecule has 2 fully saturated rings. The number of carbonyl (C=O) groups excluding carboxylic acids is 2. The van der Waals surface area contributed by atoms with E-state index in [2.05, 4.69) is 10.2 Å². The predicted molar refractivity (Wildman–Crippen MR) is 122 cm³/mol. The molecule has 3 aromatic rings. The average molecular weight is 437 g/mol. The van der Waals surface area contributed by atoms with E-state index in [4.69, 9.17) is 9.72 Å². The van der Waals surface area contributed by atoms with Crippen molar-refractivity contribution in [3.63, 3.8) is 0 Å². The van der Waals surface area contributed by atoms with E-state index in [1.165, 1.54) is 0 Å². The molecule has 2 aliphatic rings. The number of aromatic nitrogens is 1. The first kappa shape index (κ1) is 20.0. The van der Waals surface area contributed by atoms with Crippen LogP contribution in [0, 0.1) is 0 Å². The lowest BCUT2D eigenvalue weighted by atomic mass is 10.1. The van der Waals surface area contributed by atoms with Crippen molar-refractivity contribution < 1.29 is 14.3 Å². The number of carbonyl (C=O) groups is 2. The number of nitrogens with one attached hydrogen (secondary N) is 1. The number of anilines is 2. The van der Waals surface area contributed by atoms with Crippen LogP contribution in [0.4, 0.5) is 10.8 Å². The van der Waals surface area contributed by atoms with Crippen molar-refractivity contribution in [2.45, 2.75) is 19.4 Å². The van der Waals surface area contributed by atoms with Gasteiger partial charge in [-0.1, -0.05) is 23.5 Å². The number of nitrogens with zero attached hydrogens (tertiary/aromatic N) is 3. The number of hydrogen-bond donors (Lipinski definition) is 1. The number of hydrogen-bond acceptors (Lipinski definition) is 6. The zero-order valence-corrected chi connectivity index (χ0v) is 18.0. The molecule has 2 aliphatic heterocycles. The van der Waals surface area contributed by atoms with Crippen LogP contribution in [0.5, 0.6) is 0 Å². The van der Waals surface area contributed by atoms with Gasteiger partial charge in [0.2, 0.25) is 5.91 Å². The topological polar surface area (TPSA) is 74.8 Å². The number of rotatable bonds is 5. The highest BCUT2D eigenvalue weighted by Crippen LogP contribution is 2.31. The normalized spacial score (nSPS) is 16.8. The summed E-state index contributed by atoms with van der Waals surface area (Å²) in [7, 11) is 0. The van der Waals surface area contributed by atoms with Gasteiger partial charge in [0.05, 0.1) is 23.4 Å². The van der Waals surface area contributed by atoms with E-state index in [0.29, 0.717) is 18.5 Å². The molecule has 2 amide bonds. The van der Waals surface area contributed by atoms with Crippen LogP contribution in [-0.4, -0.2) is 54.5 Å². The van der Waals surface area contributed by atoms with Crippen molar-refractivity contribution in [3.8, 4) is 0 Å². The zero-order valence-electron chi connectivity index (χ0n) is 17.2. The van der Waals surface area contributed by atoms with E-state index in [1.54, 1.807) is 17.4 Å². The Kier molecular flexibility index (Phi) is 5.57. The van der Waals surface area contributed by atoms with Crippen molar-refractivity contribution >= 4 is 44.2 Å². The molecule has 2 aromatic carbocycles. The van der Waals surface area contributed by atoms with E-state index in [9.17, 15) is 9.59 Å². The van der Waals surface area contributed by atoms with Crippen LogP contribution in [0.1, 0.15) is 28.8 Å². The standard InChI is InChI=1S/C23H24N4O3S/c28-21-5-2-8-27(21)15-16-3-1-4-17(13-16)22(29)24-18-6-7-19-20(14-18)31-23(25-19)26-9-11-30-12-10-26/h1,3-4,6-7,13-14H,2,5,8-12,15H2,(H,24,29). The first-order valence-electron chi connectivity index (χ1n) is 10.6. The SMILES string of the molecule is O=C(Nc1ccc2nc(N3CCOCC3)sc2c1)c1cccc(CN2CCCC2=O)c1. The number of likely N-dealkylation sites (tertiary alicyclic amines) is 1. The van der Waals surface area contributed by atoms with Gasteiger partial charge < -0.3 is 19.9 Å². The maximum Gasteiger partial charge on any atom is 0.255 e. The summed E-state index contributed by atoms with van der Waals surface area (Å²) in [4.78, 5) is 33.5. The molecule has 0 unspecified atom stereocenters. The summed E-state index contributed by atoms with van der Waals surface area (Å²) < 4.78 is 6.46. The molecule has 160 valence electrons. The lowest BCUT2D eigenvalue weighted by molar-refractivity contribution is -0.128. The van der Waals surface area contributed by atoms with Crippen LogP contribution < -0.4 is 10.2 Å². The highest BCUT2D eigenvalue weighted by Gasteiger charge is 2.20. The van der Waals surface area contributed by atoms with Crippen LogP contribution in [-0.2, 0) is 16.1 Å². The van der Waals surface area contributed by atoms with Crippen LogP contribution in [0.3, 0.4) is 0 Å². The number of thiazole rings is 1. The molecule has 8 heteroatoms. The van der Waals surface area contributed by atoms with Crippen molar-refractivity contribution in [2.75, 3.05) is 43.1 Å². The fraction of sp³-hybridized carbons (Fsp3) is 0.348. The molecule has 0 saturated carbocycles. The molecule has 1 N–H and O–H groups in total. The minimum absolute atomic E-state index is 0.160. The van der Waals surface area contributed by atoms with Gasteiger partial charge in [-0.2, -0.15) is 0 Å². The fourth-order valence-electron chi connectivity index (χ4n) is 3.99. The Morgan fingerprint density at radius 2 is 2.00 bits per heavy atom. The maximum absolute atomic E-state index is 12.8. The molecule has 0 spiro atoms. The van der Waals surface area contributed by atoms with Gasteiger partial charge in [0, 0.05) is 43.9 Å². The smallest absolute Gasteiger partial charge is 0.255 e. The molecule has 0 radical (unpaired) electrons. The van der Waals surface area contributed by atoms with Gasteiger partial charge >= 0.3 is 0 Å². The molecule has 2 saturated heterocycles. The van der Waals surface area contributed by atoms with Crippen LogP contribution >= 0.6 is 11.3 Å². The van der Waals surface area contributed by atoms with Gasteiger partial charge in [0.1, 0.15) is 0 Å². The third-order valence-electron chi connectivity index (χ3n) is 5.65. The third kappa shape index (κ3) is 4.40. The Bertz CT molecular complexity index is 1120. The zero-order chi connectivity index (χ0) is 21.2. The number of benzene rings is 2. The van der Waals surface area contributed by atoms with Gasteiger partial charge in [0.25, 0.3) is 5.91 Å². The number of amides is 2. The van der Waals surface area contributed by atoms with Crippen molar-refractivity contribution in [1.29, 1.82) is 0 Å². The van der Waals surface area contributed by atoms with Crippen molar-refractivity contribution in [3.05, 3.63) is 53.6 Å². The maximum atomic E-state index is 12.8. The summed E-state index contributed by atoms with van der Waals surface area (Å²) in [6.45, 7) is 4.49. The van der Waals surface area contributed by atoms with E-state index in [-0.39, 0.29) is 11.8 Å². The molecule has 0 atom stereocenters. The van der Waals surface area contributed by atoms with E-state index >= 15 is 0 Å². The van der Waals surface area contributed by atoms with Crippen LogP contribution in [0.2, 0.25) is 0 Å². The first-order chi connectivity index (χ1) is 15.2. The van der Waals surface area contributed by atoms with Gasteiger partial charge in [-0.05, 0) is 42.3 Å². The van der Waals surface area contributed by atoms with Gasteiger partial charge in [-0.25, -0.2) is 4.98 Å². The Morgan fingerprint density at radius 1 is 1.13 bits per heavy atom. The Hall–Kier alpha value is -2.97. The quantitative estimate of drug-likeness (QED) is 0.663. The lowest BCUT2D eigenvalue weighted by Gasteiger charge is -2.25. The molecule has 0 aliphatic carbocycles. The summed E-state index contributed by atoms with van der Waals surface area (Å²) in [5.41, 5.74) is 3.23. The lowest BCUT2D eigenvalue weighted by Crippen LogP contribution is -2.36. The Labute approximate surface area is 184 Å². The minimum Gasteiger partial charge on any atom is -0.378 e. The van der Waals surface area contributed by atoms with Crippen molar-refractivity contribution in [2.24, 2.45) is 0 Å². The highest BCUT2D eigenvalue weighted by atomic mass is 32.1.